The number of hydrogen-bond acceptors (Lipinski definition) is 4. The van der Waals surface area contributed by atoms with E-state index >= 15 is 0 Å². The molecule has 22 heavy (non-hydrogen) atoms. The van der Waals surface area contributed by atoms with E-state index in [-0.39, 0.29) is 18.1 Å². The fourth-order valence-corrected chi connectivity index (χ4v) is 3.69. The standard InChI is InChI=1S/C17H33N3O2/c1-15(20-12-10-19(2)11-13-20)6-7-16(22)18-17(14-21)8-4-3-5-9-17/h15,21H,3-14H2,1-2H3,(H,18,22)/t15-/m0/s1. The molecule has 1 amide bonds. The number of piperazine rings is 1. The summed E-state index contributed by atoms with van der Waals surface area (Å²) in [6.45, 7) is 6.72. The van der Waals surface area contributed by atoms with E-state index in [9.17, 15) is 9.90 Å². The summed E-state index contributed by atoms with van der Waals surface area (Å²) >= 11 is 0. The van der Waals surface area contributed by atoms with Crippen LogP contribution in [0.1, 0.15) is 51.9 Å². The van der Waals surface area contributed by atoms with Gasteiger partial charge in [-0.3, -0.25) is 9.69 Å². The van der Waals surface area contributed by atoms with E-state index in [0.29, 0.717) is 12.5 Å². The van der Waals surface area contributed by atoms with Gasteiger partial charge in [0, 0.05) is 38.6 Å². The Morgan fingerprint density at radius 1 is 1.18 bits per heavy atom. The van der Waals surface area contributed by atoms with E-state index < -0.39 is 0 Å². The zero-order valence-corrected chi connectivity index (χ0v) is 14.3. The Bertz CT molecular complexity index is 348. The Morgan fingerprint density at radius 2 is 1.82 bits per heavy atom. The van der Waals surface area contributed by atoms with Gasteiger partial charge in [-0.2, -0.15) is 0 Å². The lowest BCUT2D eigenvalue weighted by molar-refractivity contribution is -0.124. The van der Waals surface area contributed by atoms with Crippen LogP contribution in [0.25, 0.3) is 0 Å². The Balaban J connectivity index is 1.72. The first-order valence-electron chi connectivity index (χ1n) is 8.89. The normalized spacial score (nSPS) is 24.9. The summed E-state index contributed by atoms with van der Waals surface area (Å²) in [5.41, 5.74) is -0.341. The number of aliphatic hydroxyl groups is 1. The van der Waals surface area contributed by atoms with Crippen LogP contribution in [0.5, 0.6) is 0 Å². The number of nitrogens with zero attached hydrogens (tertiary/aromatic N) is 2. The molecule has 128 valence electrons. The van der Waals surface area contributed by atoms with Gasteiger partial charge in [0.25, 0.3) is 0 Å². The molecule has 1 aliphatic carbocycles. The van der Waals surface area contributed by atoms with E-state index in [1.165, 1.54) is 6.42 Å². The van der Waals surface area contributed by atoms with Crippen molar-refractivity contribution in [2.75, 3.05) is 39.8 Å². The maximum absolute atomic E-state index is 12.3. The molecule has 0 spiro atoms. The molecule has 0 bridgehead atoms. The van der Waals surface area contributed by atoms with E-state index in [0.717, 1.165) is 58.3 Å². The highest BCUT2D eigenvalue weighted by molar-refractivity contribution is 5.76. The first kappa shape index (κ1) is 17.7. The average Bonchev–Trinajstić information content (AvgIpc) is 2.54. The second-order valence-electron chi connectivity index (χ2n) is 7.27. The Labute approximate surface area is 135 Å². The van der Waals surface area contributed by atoms with Crippen molar-refractivity contribution >= 4 is 5.91 Å². The number of likely N-dealkylation sites (N-methyl/N-ethyl adjacent to an activating group) is 1. The highest BCUT2D eigenvalue weighted by Gasteiger charge is 2.32. The lowest BCUT2D eigenvalue weighted by Crippen LogP contribution is -2.53. The first-order valence-corrected chi connectivity index (χ1v) is 8.89. The van der Waals surface area contributed by atoms with Crippen molar-refractivity contribution in [2.24, 2.45) is 0 Å². The van der Waals surface area contributed by atoms with Gasteiger partial charge in [0.2, 0.25) is 5.91 Å². The van der Waals surface area contributed by atoms with E-state index in [1.54, 1.807) is 0 Å². The third kappa shape index (κ3) is 4.93. The molecule has 5 heteroatoms. The molecule has 2 aliphatic rings. The number of rotatable bonds is 6. The van der Waals surface area contributed by atoms with Crippen molar-refractivity contribution in [3.63, 3.8) is 0 Å². The molecule has 5 nitrogen and oxygen atoms in total. The van der Waals surface area contributed by atoms with Crippen molar-refractivity contribution < 1.29 is 9.90 Å². The summed E-state index contributed by atoms with van der Waals surface area (Å²) in [5.74, 6) is 0.108. The van der Waals surface area contributed by atoms with Crippen LogP contribution >= 0.6 is 0 Å². The quantitative estimate of drug-likeness (QED) is 0.774. The average molecular weight is 311 g/mol. The summed E-state index contributed by atoms with van der Waals surface area (Å²) in [5, 5.41) is 12.8. The fourth-order valence-electron chi connectivity index (χ4n) is 3.69. The summed E-state index contributed by atoms with van der Waals surface area (Å²) < 4.78 is 0. The van der Waals surface area contributed by atoms with Crippen molar-refractivity contribution in [3.05, 3.63) is 0 Å². The van der Waals surface area contributed by atoms with Crippen LogP contribution in [-0.4, -0.2) is 72.2 Å². The van der Waals surface area contributed by atoms with Crippen LogP contribution in [-0.2, 0) is 4.79 Å². The van der Waals surface area contributed by atoms with Gasteiger partial charge in [-0.05, 0) is 33.2 Å². The van der Waals surface area contributed by atoms with Crippen molar-refractivity contribution in [2.45, 2.75) is 63.5 Å². The van der Waals surface area contributed by atoms with Gasteiger partial charge in [-0.25, -0.2) is 0 Å². The fraction of sp³-hybridized carbons (Fsp3) is 0.941. The minimum atomic E-state index is -0.341. The molecule has 2 N–H and O–H groups in total. The number of carbonyl (C=O) groups excluding carboxylic acids is 1. The molecule has 1 atom stereocenters. The molecular formula is C17H33N3O2. The molecule has 1 aliphatic heterocycles. The maximum atomic E-state index is 12.3. The SMILES string of the molecule is C[C@@H](CCC(=O)NC1(CO)CCCCC1)N1CCN(C)CC1. The Kier molecular flexibility index (Phi) is 6.66. The van der Waals surface area contributed by atoms with Crippen molar-refractivity contribution in [1.29, 1.82) is 0 Å². The molecular weight excluding hydrogens is 278 g/mol. The van der Waals surface area contributed by atoms with Crippen LogP contribution in [0.2, 0.25) is 0 Å². The third-order valence-corrected chi connectivity index (χ3v) is 5.47. The van der Waals surface area contributed by atoms with Crippen molar-refractivity contribution in [3.8, 4) is 0 Å². The number of hydrogen-bond donors (Lipinski definition) is 2. The molecule has 1 saturated carbocycles. The molecule has 0 aromatic rings. The molecule has 1 heterocycles. The first-order chi connectivity index (χ1) is 10.5. The molecule has 2 rings (SSSR count). The van der Waals surface area contributed by atoms with Gasteiger partial charge in [0.05, 0.1) is 12.1 Å². The number of amides is 1. The van der Waals surface area contributed by atoms with Crippen LogP contribution in [0, 0.1) is 0 Å². The van der Waals surface area contributed by atoms with Crippen LogP contribution < -0.4 is 5.32 Å². The summed E-state index contributed by atoms with van der Waals surface area (Å²) in [4.78, 5) is 17.1. The number of aliphatic hydroxyl groups excluding tert-OH is 1. The number of carbonyl (C=O) groups is 1. The summed E-state index contributed by atoms with van der Waals surface area (Å²) in [6, 6.07) is 0.455. The van der Waals surface area contributed by atoms with E-state index in [4.69, 9.17) is 0 Å². The Morgan fingerprint density at radius 3 is 2.41 bits per heavy atom. The highest BCUT2D eigenvalue weighted by atomic mass is 16.3. The molecule has 0 radical (unpaired) electrons. The van der Waals surface area contributed by atoms with E-state index in [2.05, 4.69) is 29.1 Å². The highest BCUT2D eigenvalue weighted by Crippen LogP contribution is 2.28. The predicted molar refractivity (Wildman–Crippen MR) is 88.8 cm³/mol. The van der Waals surface area contributed by atoms with Crippen LogP contribution in [0.3, 0.4) is 0 Å². The van der Waals surface area contributed by atoms with E-state index in [1.807, 2.05) is 0 Å². The molecule has 1 saturated heterocycles. The molecule has 0 aromatic carbocycles. The minimum Gasteiger partial charge on any atom is -0.394 e. The van der Waals surface area contributed by atoms with Gasteiger partial charge in [-0.15, -0.1) is 0 Å². The monoisotopic (exact) mass is 311 g/mol. The zero-order chi connectivity index (χ0) is 16.0. The zero-order valence-electron chi connectivity index (χ0n) is 14.3. The van der Waals surface area contributed by atoms with Crippen LogP contribution in [0.4, 0.5) is 0 Å². The second kappa shape index (κ2) is 8.27. The van der Waals surface area contributed by atoms with Crippen molar-refractivity contribution in [1.82, 2.24) is 15.1 Å². The summed E-state index contributed by atoms with van der Waals surface area (Å²) in [6.07, 6.45) is 6.74. The Hall–Kier alpha value is -0.650. The van der Waals surface area contributed by atoms with Gasteiger partial charge in [0.1, 0.15) is 0 Å². The van der Waals surface area contributed by atoms with Gasteiger partial charge < -0.3 is 15.3 Å². The summed E-state index contributed by atoms with van der Waals surface area (Å²) in [7, 11) is 2.16. The minimum absolute atomic E-state index is 0.0761. The molecule has 2 fully saturated rings. The topological polar surface area (TPSA) is 55.8 Å². The van der Waals surface area contributed by atoms with Gasteiger partial charge in [-0.1, -0.05) is 19.3 Å². The predicted octanol–water partition coefficient (Wildman–Crippen LogP) is 1.21. The largest absolute Gasteiger partial charge is 0.394 e. The van der Waals surface area contributed by atoms with Crippen LogP contribution in [0.15, 0.2) is 0 Å². The second-order valence-corrected chi connectivity index (χ2v) is 7.27. The molecule has 0 aromatic heterocycles. The van der Waals surface area contributed by atoms with Gasteiger partial charge >= 0.3 is 0 Å². The lowest BCUT2D eigenvalue weighted by Gasteiger charge is -2.38. The van der Waals surface area contributed by atoms with Gasteiger partial charge in [0.15, 0.2) is 0 Å². The molecule has 0 unspecified atom stereocenters. The smallest absolute Gasteiger partial charge is 0.220 e. The number of nitrogens with one attached hydrogen (secondary N) is 1. The maximum Gasteiger partial charge on any atom is 0.220 e. The third-order valence-electron chi connectivity index (χ3n) is 5.47. The lowest BCUT2D eigenvalue weighted by atomic mass is 9.82.